The summed E-state index contributed by atoms with van der Waals surface area (Å²) in [6.45, 7) is 6.16. The van der Waals surface area contributed by atoms with Gasteiger partial charge in [0.2, 0.25) is 0 Å². The number of carbonyl (C=O) groups is 1. The van der Waals surface area contributed by atoms with Gasteiger partial charge in [0.25, 0.3) is 5.56 Å². The molecule has 42 heavy (non-hydrogen) atoms. The lowest BCUT2D eigenvalue weighted by atomic mass is 9.90. The quantitative estimate of drug-likeness (QED) is 0.238. The van der Waals surface area contributed by atoms with Crippen LogP contribution in [0.25, 0.3) is 27.6 Å². The molecule has 6 rings (SSSR count). The summed E-state index contributed by atoms with van der Waals surface area (Å²) in [5.74, 6) is 0.746. The molecule has 0 spiro atoms. The van der Waals surface area contributed by atoms with E-state index in [1.807, 2.05) is 85.8 Å². The Labute approximate surface area is 246 Å². The third-order valence-electron chi connectivity index (χ3n) is 7.45. The van der Waals surface area contributed by atoms with Crippen LogP contribution in [0.5, 0.6) is 11.5 Å². The van der Waals surface area contributed by atoms with E-state index in [4.69, 9.17) is 19.2 Å². The fourth-order valence-electron chi connectivity index (χ4n) is 5.64. The van der Waals surface area contributed by atoms with Gasteiger partial charge in [0.1, 0.15) is 17.5 Å². The maximum Gasteiger partial charge on any atom is 0.338 e. The number of nitrogens with zero attached hydrogens (tertiary/aromatic N) is 2. The van der Waals surface area contributed by atoms with Crippen molar-refractivity contribution < 1.29 is 19.0 Å². The van der Waals surface area contributed by atoms with Gasteiger partial charge < -0.3 is 14.2 Å². The maximum absolute atomic E-state index is 14.4. The largest absolute Gasteiger partial charge is 0.496 e. The molecular formula is C34H30N2O5S. The Bertz CT molecular complexity index is 2070. The van der Waals surface area contributed by atoms with Crippen LogP contribution in [-0.2, 0) is 9.53 Å². The number of benzene rings is 4. The highest BCUT2D eigenvalue weighted by Gasteiger charge is 2.36. The number of carbonyl (C=O) groups excluding carboxylic acids is 1. The lowest BCUT2D eigenvalue weighted by Crippen LogP contribution is -2.40. The molecule has 7 nitrogen and oxygen atoms in total. The molecule has 1 aliphatic heterocycles. The van der Waals surface area contributed by atoms with Gasteiger partial charge in [-0.15, -0.1) is 0 Å². The van der Waals surface area contributed by atoms with Gasteiger partial charge in [-0.05, 0) is 60.5 Å². The first kappa shape index (κ1) is 27.5. The van der Waals surface area contributed by atoms with Gasteiger partial charge in [-0.2, -0.15) is 0 Å². The van der Waals surface area contributed by atoms with Crippen molar-refractivity contribution in [1.82, 2.24) is 4.57 Å². The number of allylic oxidation sites excluding steroid dienone is 1. The van der Waals surface area contributed by atoms with Crippen LogP contribution in [0.15, 0.2) is 93.9 Å². The van der Waals surface area contributed by atoms with Crippen LogP contribution < -0.4 is 24.4 Å². The first-order valence-corrected chi connectivity index (χ1v) is 14.7. The van der Waals surface area contributed by atoms with Crippen LogP contribution in [0.2, 0.25) is 0 Å². The third kappa shape index (κ3) is 4.58. The number of ether oxygens (including phenoxy) is 3. The summed E-state index contributed by atoms with van der Waals surface area (Å²) in [4.78, 5) is 33.1. The molecule has 0 aliphatic carbocycles. The van der Waals surface area contributed by atoms with E-state index < -0.39 is 12.0 Å². The van der Waals surface area contributed by atoms with E-state index in [0.29, 0.717) is 44.3 Å². The van der Waals surface area contributed by atoms with Crippen molar-refractivity contribution in [3.05, 3.63) is 115 Å². The van der Waals surface area contributed by atoms with Crippen LogP contribution in [0.4, 0.5) is 0 Å². The first-order chi connectivity index (χ1) is 20.5. The van der Waals surface area contributed by atoms with Crippen LogP contribution in [-0.4, -0.2) is 30.9 Å². The molecule has 5 aromatic rings. The summed E-state index contributed by atoms with van der Waals surface area (Å²) in [5.41, 5.74) is 2.08. The standard InChI is InChI=1S/C34H30N2O5S/c1-5-40-26-17-15-21-11-7-9-13-23(21)25(26)19-28-32(37)36-31(29(33(38)41-6-2)20(3)35-34(36)42-28)30-24-14-10-8-12-22(24)16-18-27(30)39-4/h7-19,31H,5-6H2,1-4H3/b28-19-. The molecule has 212 valence electrons. The van der Waals surface area contributed by atoms with Crippen molar-refractivity contribution in [2.75, 3.05) is 20.3 Å². The number of thiazole rings is 1. The molecule has 8 heteroatoms. The minimum absolute atomic E-state index is 0.195. The average molecular weight is 579 g/mol. The van der Waals surface area contributed by atoms with E-state index in [1.165, 1.54) is 11.3 Å². The summed E-state index contributed by atoms with van der Waals surface area (Å²) in [6, 6.07) is 22.9. The first-order valence-electron chi connectivity index (χ1n) is 13.9. The predicted molar refractivity (Wildman–Crippen MR) is 166 cm³/mol. The zero-order valence-corrected chi connectivity index (χ0v) is 24.7. The third-order valence-corrected chi connectivity index (χ3v) is 8.43. The van der Waals surface area contributed by atoms with Crippen LogP contribution in [0.3, 0.4) is 0 Å². The van der Waals surface area contributed by atoms with Gasteiger partial charge in [0.15, 0.2) is 4.80 Å². The number of hydrogen-bond acceptors (Lipinski definition) is 7. The van der Waals surface area contributed by atoms with E-state index in [-0.39, 0.29) is 12.2 Å². The molecule has 0 N–H and O–H groups in total. The van der Waals surface area contributed by atoms with Gasteiger partial charge in [-0.25, -0.2) is 9.79 Å². The van der Waals surface area contributed by atoms with Gasteiger partial charge in [-0.1, -0.05) is 72.0 Å². The Morgan fingerprint density at radius 1 is 0.929 bits per heavy atom. The molecule has 0 fully saturated rings. The zero-order valence-electron chi connectivity index (χ0n) is 23.8. The molecule has 0 radical (unpaired) electrons. The number of aromatic nitrogens is 1. The van der Waals surface area contributed by atoms with Crippen LogP contribution in [0.1, 0.15) is 37.9 Å². The summed E-state index contributed by atoms with van der Waals surface area (Å²) in [7, 11) is 1.59. The predicted octanol–water partition coefficient (Wildman–Crippen LogP) is 5.51. The normalized spacial score (nSPS) is 15.0. The molecule has 0 bridgehead atoms. The molecule has 1 atom stereocenters. The fraction of sp³-hybridized carbons (Fsp3) is 0.206. The molecule has 1 unspecified atom stereocenters. The van der Waals surface area contributed by atoms with E-state index in [1.54, 1.807) is 25.5 Å². The fourth-order valence-corrected chi connectivity index (χ4v) is 6.67. The Morgan fingerprint density at radius 2 is 1.60 bits per heavy atom. The number of rotatable bonds is 7. The van der Waals surface area contributed by atoms with E-state index >= 15 is 0 Å². The summed E-state index contributed by atoms with van der Waals surface area (Å²) < 4.78 is 19.4. The molecule has 2 heterocycles. The second-order valence-electron chi connectivity index (χ2n) is 9.84. The molecule has 0 saturated carbocycles. The minimum atomic E-state index is -0.803. The summed E-state index contributed by atoms with van der Waals surface area (Å²) in [6.07, 6.45) is 1.87. The van der Waals surface area contributed by atoms with Crippen molar-refractivity contribution >= 4 is 44.9 Å². The summed E-state index contributed by atoms with van der Waals surface area (Å²) in [5, 5.41) is 3.86. The second-order valence-corrected chi connectivity index (χ2v) is 10.8. The SMILES string of the molecule is CCOC(=O)C1=C(C)N=c2s/c(=C\c3c(OCC)ccc4ccccc34)c(=O)n2C1c1c(OC)ccc2ccccc12. The highest BCUT2D eigenvalue weighted by Crippen LogP contribution is 2.40. The number of esters is 1. The summed E-state index contributed by atoms with van der Waals surface area (Å²) >= 11 is 1.29. The number of hydrogen-bond donors (Lipinski definition) is 0. The molecule has 4 aromatic carbocycles. The lowest BCUT2D eigenvalue weighted by Gasteiger charge is -2.27. The smallest absolute Gasteiger partial charge is 0.338 e. The Balaban J connectivity index is 1.68. The van der Waals surface area contributed by atoms with Crippen molar-refractivity contribution in [1.29, 1.82) is 0 Å². The maximum atomic E-state index is 14.4. The highest BCUT2D eigenvalue weighted by atomic mass is 32.1. The van der Waals surface area contributed by atoms with E-state index in [9.17, 15) is 9.59 Å². The monoisotopic (exact) mass is 578 g/mol. The topological polar surface area (TPSA) is 79.1 Å². The van der Waals surface area contributed by atoms with Crippen LogP contribution >= 0.6 is 11.3 Å². The van der Waals surface area contributed by atoms with Gasteiger partial charge in [0, 0.05) is 11.1 Å². The van der Waals surface area contributed by atoms with Crippen molar-refractivity contribution in [2.45, 2.75) is 26.8 Å². The van der Waals surface area contributed by atoms with Gasteiger partial charge in [-0.3, -0.25) is 9.36 Å². The Kier molecular flexibility index (Phi) is 7.39. The van der Waals surface area contributed by atoms with E-state index in [2.05, 4.69) is 0 Å². The Morgan fingerprint density at radius 3 is 2.29 bits per heavy atom. The molecule has 1 aliphatic rings. The lowest BCUT2D eigenvalue weighted by molar-refractivity contribution is -0.139. The van der Waals surface area contributed by atoms with E-state index in [0.717, 1.165) is 27.1 Å². The molecule has 0 amide bonds. The highest BCUT2D eigenvalue weighted by molar-refractivity contribution is 7.07. The molecular weight excluding hydrogens is 548 g/mol. The van der Waals surface area contributed by atoms with Gasteiger partial charge >= 0.3 is 5.97 Å². The number of methoxy groups -OCH3 is 1. The zero-order chi connectivity index (χ0) is 29.4. The number of fused-ring (bicyclic) bond motifs is 3. The Hall–Kier alpha value is -4.69. The molecule has 0 saturated heterocycles. The van der Waals surface area contributed by atoms with Crippen molar-refractivity contribution in [2.24, 2.45) is 4.99 Å². The minimum Gasteiger partial charge on any atom is -0.496 e. The van der Waals surface area contributed by atoms with Crippen molar-refractivity contribution in [3.8, 4) is 11.5 Å². The molecule has 1 aromatic heterocycles. The van der Waals surface area contributed by atoms with Gasteiger partial charge in [0.05, 0.1) is 36.1 Å². The van der Waals surface area contributed by atoms with Crippen LogP contribution in [0, 0.1) is 0 Å². The average Bonchev–Trinajstić information content (AvgIpc) is 3.31. The second kappa shape index (κ2) is 11.3. The van der Waals surface area contributed by atoms with Crippen molar-refractivity contribution in [3.63, 3.8) is 0 Å².